The Labute approximate surface area is 174 Å². The second-order valence-electron chi connectivity index (χ2n) is 7.54. The molecule has 0 bridgehead atoms. The molecule has 3 rings (SSSR count). The number of hydrogen-bond donors (Lipinski definition) is 0. The Hall–Kier alpha value is -1.16. The van der Waals surface area contributed by atoms with Crippen molar-refractivity contribution >= 4 is 21.0 Å². The predicted molar refractivity (Wildman–Crippen MR) is 118 cm³/mol. The van der Waals surface area contributed by atoms with Crippen molar-refractivity contribution in [2.75, 3.05) is 6.16 Å². The third kappa shape index (κ3) is 11.0. The summed E-state index contributed by atoms with van der Waals surface area (Å²) in [6, 6.07) is 9.99. The van der Waals surface area contributed by atoms with E-state index in [1.54, 1.807) is 0 Å². The first kappa shape index (κ1) is 25.9. The van der Waals surface area contributed by atoms with Crippen LogP contribution in [0.2, 0.25) is 0 Å². The molecule has 0 spiro atoms. The molecule has 0 aliphatic heterocycles. The molecule has 0 heterocycles. The molecule has 29 heavy (non-hydrogen) atoms. The number of carbonyl (C=O) groups is 1. The lowest BCUT2D eigenvalue weighted by Gasteiger charge is -2.38. The molecule has 2 fully saturated rings. The molecule has 0 amide bonds. The highest BCUT2D eigenvalue weighted by Crippen LogP contribution is 2.55. The highest BCUT2D eigenvalue weighted by Gasteiger charge is 2.32. The average molecular weight is 431 g/mol. The van der Waals surface area contributed by atoms with Crippen LogP contribution in [0.1, 0.15) is 74.6 Å². The van der Waals surface area contributed by atoms with Crippen molar-refractivity contribution < 1.29 is 22.1 Å². The van der Waals surface area contributed by atoms with Gasteiger partial charge in [0, 0.05) is 11.7 Å². The molecule has 0 atom stereocenters. The Morgan fingerprint density at radius 3 is 1.59 bits per heavy atom. The summed E-state index contributed by atoms with van der Waals surface area (Å²) in [5.41, 5.74) is 2.68. The topological polar surface area (TPSA) is 17.1 Å². The molecule has 0 radical (unpaired) electrons. The molecular weight excluding hydrogens is 398 g/mol. The van der Waals surface area contributed by atoms with Gasteiger partial charge in [0.05, 0.1) is 0 Å². The summed E-state index contributed by atoms with van der Waals surface area (Å²) in [6.07, 6.45) is 14.8. The summed E-state index contributed by atoms with van der Waals surface area (Å²) in [7, 11) is -6.11. The van der Waals surface area contributed by atoms with Crippen LogP contribution in [-0.4, -0.2) is 30.5 Å². The SMILES string of the molecule is C=C.F[B-](F)(F)F.O=C(CP(C1CCCCC1)C1CCCCC1)c1ccccc1. The number of hydrogen-bond acceptors (Lipinski definition) is 1. The molecule has 1 aromatic carbocycles. The van der Waals surface area contributed by atoms with Crippen molar-refractivity contribution in [1.82, 2.24) is 0 Å². The van der Waals surface area contributed by atoms with Gasteiger partial charge in [0.1, 0.15) is 0 Å². The minimum atomic E-state index is -6.00. The first-order chi connectivity index (χ1) is 13.8. The molecular formula is C22H33BF4OP-. The second kappa shape index (κ2) is 14.0. The standard InChI is InChI=1S/C20H29OP.C2H4.BF4/c21-20(17-10-4-1-5-11-17)16-22(18-12-6-2-7-13-18)19-14-8-3-9-15-19;1-2;2-1(3,4)5/h1,4-5,10-11,18-19H,2-3,6-9,12-16H2;1-2H2;/q;;-1. The Kier molecular flexibility index (Phi) is 12.5. The Balaban J connectivity index is 0.000000527. The third-order valence-electron chi connectivity index (χ3n) is 5.51. The van der Waals surface area contributed by atoms with E-state index in [0.29, 0.717) is 5.78 Å². The monoisotopic (exact) mass is 431 g/mol. The fraction of sp³-hybridized carbons (Fsp3) is 0.591. The van der Waals surface area contributed by atoms with Crippen molar-refractivity contribution in [2.24, 2.45) is 0 Å². The van der Waals surface area contributed by atoms with Gasteiger partial charge >= 0.3 is 7.25 Å². The number of halogens is 4. The maximum Gasteiger partial charge on any atom is 0.673 e. The zero-order valence-electron chi connectivity index (χ0n) is 17.2. The van der Waals surface area contributed by atoms with Crippen LogP contribution in [0.15, 0.2) is 43.5 Å². The minimum Gasteiger partial charge on any atom is -0.418 e. The summed E-state index contributed by atoms with van der Waals surface area (Å²) < 4.78 is 39.0. The molecule has 0 unspecified atom stereocenters. The first-order valence-electron chi connectivity index (χ1n) is 10.6. The van der Waals surface area contributed by atoms with Crippen molar-refractivity contribution in [3.63, 3.8) is 0 Å². The lowest BCUT2D eigenvalue weighted by molar-refractivity contribution is 0.102. The maximum absolute atomic E-state index is 12.8. The van der Waals surface area contributed by atoms with E-state index in [0.717, 1.165) is 23.0 Å². The van der Waals surface area contributed by atoms with E-state index >= 15 is 0 Å². The summed E-state index contributed by atoms with van der Waals surface area (Å²) in [6.45, 7) is 6.00. The number of carbonyl (C=O) groups excluding carboxylic acids is 1. The summed E-state index contributed by atoms with van der Waals surface area (Å²) in [5.74, 6) is 0.405. The van der Waals surface area contributed by atoms with Gasteiger partial charge in [-0.15, -0.1) is 13.2 Å². The van der Waals surface area contributed by atoms with Crippen LogP contribution >= 0.6 is 7.92 Å². The van der Waals surface area contributed by atoms with Crippen molar-refractivity contribution in [3.05, 3.63) is 49.1 Å². The van der Waals surface area contributed by atoms with E-state index in [4.69, 9.17) is 0 Å². The highest BCUT2D eigenvalue weighted by atomic mass is 31.1. The molecule has 2 aliphatic carbocycles. The normalized spacial score (nSPS) is 18.2. The minimum absolute atomic E-state index is 0.110. The Bertz CT molecular complexity index is 546. The Morgan fingerprint density at radius 1 is 0.828 bits per heavy atom. The molecule has 2 saturated carbocycles. The smallest absolute Gasteiger partial charge is 0.418 e. The third-order valence-corrected chi connectivity index (χ3v) is 9.07. The van der Waals surface area contributed by atoms with Gasteiger partial charge in [-0.05, 0) is 37.0 Å². The van der Waals surface area contributed by atoms with Crippen LogP contribution in [0.3, 0.4) is 0 Å². The maximum atomic E-state index is 12.8. The van der Waals surface area contributed by atoms with Crippen LogP contribution in [-0.2, 0) is 0 Å². The van der Waals surface area contributed by atoms with Gasteiger partial charge in [0.15, 0.2) is 5.78 Å². The molecule has 1 nitrogen and oxygen atoms in total. The molecule has 1 aromatic rings. The number of Topliss-reactive ketones (excluding diaryl/α,β-unsaturated/α-hetero) is 1. The van der Waals surface area contributed by atoms with Gasteiger partial charge < -0.3 is 17.3 Å². The molecule has 2 aliphatic rings. The fourth-order valence-electron chi connectivity index (χ4n) is 4.26. The van der Waals surface area contributed by atoms with Gasteiger partial charge in [-0.1, -0.05) is 76.8 Å². The molecule has 7 heteroatoms. The van der Waals surface area contributed by atoms with E-state index in [1.165, 1.54) is 64.2 Å². The molecule has 164 valence electrons. The van der Waals surface area contributed by atoms with E-state index in [9.17, 15) is 22.1 Å². The average Bonchev–Trinajstić information content (AvgIpc) is 2.74. The van der Waals surface area contributed by atoms with E-state index in [-0.39, 0.29) is 7.92 Å². The predicted octanol–water partition coefficient (Wildman–Crippen LogP) is 8.12. The highest BCUT2D eigenvalue weighted by molar-refractivity contribution is 7.60. The van der Waals surface area contributed by atoms with Crippen LogP contribution in [0.25, 0.3) is 0 Å². The summed E-state index contributed by atoms with van der Waals surface area (Å²) >= 11 is 0. The second-order valence-corrected chi connectivity index (χ2v) is 10.3. The van der Waals surface area contributed by atoms with Crippen LogP contribution < -0.4 is 0 Å². The summed E-state index contributed by atoms with van der Waals surface area (Å²) in [4.78, 5) is 12.8. The van der Waals surface area contributed by atoms with Crippen molar-refractivity contribution in [1.29, 1.82) is 0 Å². The number of rotatable bonds is 5. The number of benzene rings is 1. The Morgan fingerprint density at radius 2 is 1.21 bits per heavy atom. The zero-order valence-corrected chi connectivity index (χ0v) is 18.1. The quantitative estimate of drug-likeness (QED) is 0.151. The molecule has 0 N–H and O–H groups in total. The van der Waals surface area contributed by atoms with Crippen LogP contribution in [0.4, 0.5) is 17.3 Å². The summed E-state index contributed by atoms with van der Waals surface area (Å²) in [5, 5.41) is 0. The van der Waals surface area contributed by atoms with Gasteiger partial charge in [-0.3, -0.25) is 4.79 Å². The fourth-order valence-corrected chi connectivity index (χ4v) is 7.95. The van der Waals surface area contributed by atoms with Crippen LogP contribution in [0, 0.1) is 0 Å². The van der Waals surface area contributed by atoms with E-state index in [2.05, 4.69) is 13.2 Å². The van der Waals surface area contributed by atoms with E-state index in [1.807, 2.05) is 30.3 Å². The zero-order chi connectivity index (χ0) is 21.7. The largest absolute Gasteiger partial charge is 0.673 e. The van der Waals surface area contributed by atoms with Crippen molar-refractivity contribution in [2.45, 2.75) is 75.5 Å². The molecule has 0 aromatic heterocycles. The van der Waals surface area contributed by atoms with E-state index < -0.39 is 7.25 Å². The molecule has 0 saturated heterocycles. The lowest BCUT2D eigenvalue weighted by Crippen LogP contribution is -2.24. The lowest BCUT2D eigenvalue weighted by atomic mass is 9.99. The van der Waals surface area contributed by atoms with Gasteiger partial charge in [-0.2, -0.15) is 0 Å². The van der Waals surface area contributed by atoms with Gasteiger partial charge in [0.2, 0.25) is 0 Å². The van der Waals surface area contributed by atoms with Crippen LogP contribution in [0.5, 0.6) is 0 Å². The van der Waals surface area contributed by atoms with Crippen molar-refractivity contribution in [3.8, 4) is 0 Å². The number of ketones is 1. The van der Waals surface area contributed by atoms with Gasteiger partial charge in [0.25, 0.3) is 0 Å². The van der Waals surface area contributed by atoms with Gasteiger partial charge in [-0.25, -0.2) is 0 Å². The first-order valence-corrected chi connectivity index (χ1v) is 12.2.